The average Bonchev–Trinajstić information content (AvgIpc) is 2.41. The number of hydrogen-bond donors (Lipinski definition) is 1. The summed E-state index contributed by atoms with van der Waals surface area (Å²) in [4.78, 5) is 13.8. The van der Waals surface area contributed by atoms with Crippen LogP contribution in [-0.4, -0.2) is 29.9 Å². The van der Waals surface area contributed by atoms with Crippen LogP contribution >= 0.6 is 0 Å². The number of piperidine rings is 1. The Morgan fingerprint density at radius 2 is 2.00 bits per heavy atom. The number of rotatable bonds is 5. The molecule has 0 aromatic heterocycles. The molecule has 19 heavy (non-hydrogen) atoms. The van der Waals surface area contributed by atoms with Gasteiger partial charge < -0.3 is 10.6 Å². The summed E-state index contributed by atoms with van der Waals surface area (Å²) in [6, 6.07) is 10.6. The van der Waals surface area contributed by atoms with Crippen LogP contribution in [0, 0.1) is 5.92 Å². The van der Waals surface area contributed by atoms with E-state index < -0.39 is 0 Å². The minimum absolute atomic E-state index is 0.145. The van der Waals surface area contributed by atoms with Gasteiger partial charge in [-0.3, -0.25) is 4.79 Å². The SMILES string of the molecule is CC1CC(=O)N(CCCCc2ccccc2)CC1N. The Morgan fingerprint density at radius 3 is 2.74 bits per heavy atom. The first kappa shape index (κ1) is 14.1. The van der Waals surface area contributed by atoms with Crippen molar-refractivity contribution in [3.8, 4) is 0 Å². The Labute approximate surface area is 115 Å². The number of benzene rings is 1. The summed E-state index contributed by atoms with van der Waals surface area (Å²) < 4.78 is 0. The number of likely N-dealkylation sites (tertiary alicyclic amines) is 1. The molecule has 2 unspecified atom stereocenters. The molecule has 3 nitrogen and oxygen atoms in total. The third-order valence-electron chi connectivity index (χ3n) is 4.00. The molecule has 0 spiro atoms. The van der Waals surface area contributed by atoms with E-state index in [1.54, 1.807) is 0 Å². The fourth-order valence-electron chi connectivity index (χ4n) is 2.58. The van der Waals surface area contributed by atoms with E-state index in [2.05, 4.69) is 31.2 Å². The van der Waals surface area contributed by atoms with E-state index in [4.69, 9.17) is 5.73 Å². The van der Waals surface area contributed by atoms with E-state index in [1.165, 1.54) is 5.56 Å². The molecule has 0 bridgehead atoms. The highest BCUT2D eigenvalue weighted by atomic mass is 16.2. The van der Waals surface area contributed by atoms with Gasteiger partial charge in [0.15, 0.2) is 0 Å². The number of hydrogen-bond acceptors (Lipinski definition) is 2. The van der Waals surface area contributed by atoms with Gasteiger partial charge in [-0.15, -0.1) is 0 Å². The summed E-state index contributed by atoms with van der Waals surface area (Å²) in [7, 11) is 0. The minimum Gasteiger partial charge on any atom is -0.341 e. The summed E-state index contributed by atoms with van der Waals surface area (Å²) in [5.41, 5.74) is 7.41. The number of carbonyl (C=O) groups is 1. The van der Waals surface area contributed by atoms with E-state index in [0.717, 1.165) is 32.4 Å². The largest absolute Gasteiger partial charge is 0.341 e. The molecule has 0 saturated carbocycles. The van der Waals surface area contributed by atoms with Gasteiger partial charge in [-0.2, -0.15) is 0 Å². The average molecular weight is 260 g/mol. The van der Waals surface area contributed by atoms with Gasteiger partial charge in [0.25, 0.3) is 0 Å². The van der Waals surface area contributed by atoms with Gasteiger partial charge in [-0.1, -0.05) is 37.3 Å². The van der Waals surface area contributed by atoms with E-state index in [0.29, 0.717) is 12.3 Å². The number of nitrogens with two attached hydrogens (primary N) is 1. The highest BCUT2D eigenvalue weighted by molar-refractivity contribution is 5.77. The second-order valence-corrected chi connectivity index (χ2v) is 5.63. The van der Waals surface area contributed by atoms with E-state index in [-0.39, 0.29) is 11.9 Å². The van der Waals surface area contributed by atoms with Gasteiger partial charge >= 0.3 is 0 Å². The van der Waals surface area contributed by atoms with Crippen molar-refractivity contribution >= 4 is 5.91 Å². The molecule has 104 valence electrons. The second-order valence-electron chi connectivity index (χ2n) is 5.63. The lowest BCUT2D eigenvalue weighted by Gasteiger charge is -2.34. The van der Waals surface area contributed by atoms with Crippen LogP contribution in [0.3, 0.4) is 0 Å². The van der Waals surface area contributed by atoms with Gasteiger partial charge in [0.05, 0.1) is 0 Å². The molecule has 0 radical (unpaired) electrons. The predicted molar refractivity (Wildman–Crippen MR) is 77.7 cm³/mol. The lowest BCUT2D eigenvalue weighted by Crippen LogP contribution is -2.50. The van der Waals surface area contributed by atoms with E-state index in [1.807, 2.05) is 11.0 Å². The lowest BCUT2D eigenvalue weighted by atomic mass is 9.93. The topological polar surface area (TPSA) is 46.3 Å². The van der Waals surface area contributed by atoms with Gasteiger partial charge in [0.1, 0.15) is 0 Å². The smallest absolute Gasteiger partial charge is 0.222 e. The van der Waals surface area contributed by atoms with Crippen LogP contribution in [0.1, 0.15) is 31.7 Å². The number of nitrogens with zero attached hydrogens (tertiary/aromatic N) is 1. The van der Waals surface area contributed by atoms with Crippen LogP contribution in [0.2, 0.25) is 0 Å². The highest BCUT2D eigenvalue weighted by Gasteiger charge is 2.28. The zero-order chi connectivity index (χ0) is 13.7. The maximum Gasteiger partial charge on any atom is 0.222 e. The van der Waals surface area contributed by atoms with Gasteiger partial charge in [-0.25, -0.2) is 0 Å². The van der Waals surface area contributed by atoms with Gasteiger partial charge in [0, 0.05) is 25.6 Å². The van der Waals surface area contributed by atoms with Crippen LogP contribution in [0.5, 0.6) is 0 Å². The normalized spacial score (nSPS) is 23.7. The summed E-state index contributed by atoms with van der Waals surface area (Å²) in [6.45, 7) is 3.65. The molecule has 1 aliphatic rings. The van der Waals surface area contributed by atoms with Crippen LogP contribution in [0.15, 0.2) is 30.3 Å². The number of carbonyl (C=O) groups excluding carboxylic acids is 1. The highest BCUT2D eigenvalue weighted by Crippen LogP contribution is 2.17. The molecule has 1 amide bonds. The van der Waals surface area contributed by atoms with Crippen LogP contribution < -0.4 is 5.73 Å². The lowest BCUT2D eigenvalue weighted by molar-refractivity contribution is -0.135. The predicted octanol–water partition coefficient (Wildman–Crippen LogP) is 2.21. The fraction of sp³-hybridized carbons (Fsp3) is 0.562. The molecule has 2 N–H and O–H groups in total. The van der Waals surface area contributed by atoms with Crippen molar-refractivity contribution in [2.75, 3.05) is 13.1 Å². The van der Waals surface area contributed by atoms with Crippen molar-refractivity contribution in [1.82, 2.24) is 4.90 Å². The quantitative estimate of drug-likeness (QED) is 0.825. The molecule has 1 aromatic rings. The van der Waals surface area contributed by atoms with Crippen LogP contribution in [0.4, 0.5) is 0 Å². The number of amides is 1. The maximum atomic E-state index is 11.9. The van der Waals surface area contributed by atoms with Crippen molar-refractivity contribution in [1.29, 1.82) is 0 Å². The third kappa shape index (κ3) is 4.06. The molecule has 0 aliphatic carbocycles. The van der Waals surface area contributed by atoms with Gasteiger partial charge in [0.2, 0.25) is 5.91 Å². The Kier molecular flexibility index (Phi) is 4.97. The zero-order valence-electron chi connectivity index (χ0n) is 11.7. The monoisotopic (exact) mass is 260 g/mol. The van der Waals surface area contributed by atoms with Crippen molar-refractivity contribution in [2.24, 2.45) is 11.7 Å². The first-order chi connectivity index (χ1) is 9.16. The van der Waals surface area contributed by atoms with Gasteiger partial charge in [-0.05, 0) is 30.7 Å². The Balaban J connectivity index is 1.69. The first-order valence-corrected chi connectivity index (χ1v) is 7.24. The van der Waals surface area contributed by atoms with Crippen LogP contribution in [0.25, 0.3) is 0 Å². The zero-order valence-corrected chi connectivity index (χ0v) is 11.7. The molecule has 1 fully saturated rings. The van der Waals surface area contributed by atoms with E-state index in [9.17, 15) is 4.79 Å². The minimum atomic E-state index is 0.145. The Morgan fingerprint density at radius 1 is 1.26 bits per heavy atom. The summed E-state index contributed by atoms with van der Waals surface area (Å²) in [5.74, 6) is 0.599. The van der Waals surface area contributed by atoms with Crippen molar-refractivity contribution in [3.05, 3.63) is 35.9 Å². The molecule has 1 heterocycles. The van der Waals surface area contributed by atoms with Crippen LogP contribution in [-0.2, 0) is 11.2 Å². The summed E-state index contributed by atoms with van der Waals surface area (Å²) in [6.07, 6.45) is 3.88. The number of aryl methyl sites for hydroxylation is 1. The third-order valence-corrected chi connectivity index (χ3v) is 4.00. The molecule has 3 heteroatoms. The van der Waals surface area contributed by atoms with E-state index >= 15 is 0 Å². The molecule has 1 aromatic carbocycles. The second kappa shape index (κ2) is 6.71. The Hall–Kier alpha value is -1.35. The molecular formula is C16H24N2O. The maximum absolute atomic E-state index is 11.9. The first-order valence-electron chi connectivity index (χ1n) is 7.24. The Bertz CT molecular complexity index is 404. The van der Waals surface area contributed by atoms with Crippen molar-refractivity contribution < 1.29 is 4.79 Å². The standard InChI is InChI=1S/C16H24N2O/c1-13-11-16(19)18(12-15(13)17)10-6-5-9-14-7-3-2-4-8-14/h2-4,7-8,13,15H,5-6,9-12,17H2,1H3. The van der Waals surface area contributed by atoms with Crippen molar-refractivity contribution in [3.63, 3.8) is 0 Å². The molecule has 2 atom stereocenters. The summed E-state index contributed by atoms with van der Waals surface area (Å²) in [5, 5.41) is 0. The fourth-order valence-corrected chi connectivity index (χ4v) is 2.58. The molecule has 1 saturated heterocycles. The van der Waals surface area contributed by atoms with Crippen molar-refractivity contribution in [2.45, 2.75) is 38.6 Å². The molecule has 2 rings (SSSR count). The molecular weight excluding hydrogens is 236 g/mol. The summed E-state index contributed by atoms with van der Waals surface area (Å²) >= 11 is 0. The number of unbranched alkanes of at least 4 members (excludes halogenated alkanes) is 1. The molecule has 1 aliphatic heterocycles.